The van der Waals surface area contributed by atoms with Crippen molar-refractivity contribution >= 4 is 21.9 Å². The van der Waals surface area contributed by atoms with Crippen molar-refractivity contribution in [2.45, 2.75) is 13.8 Å². The van der Waals surface area contributed by atoms with Crippen molar-refractivity contribution in [3.63, 3.8) is 0 Å². The first kappa shape index (κ1) is 14.4. The van der Waals surface area contributed by atoms with Gasteiger partial charge >= 0.3 is 5.97 Å². The summed E-state index contributed by atoms with van der Waals surface area (Å²) in [5.41, 5.74) is 0.927. The van der Waals surface area contributed by atoms with Gasteiger partial charge in [0.05, 0.1) is 10.2 Å². The predicted octanol–water partition coefficient (Wildman–Crippen LogP) is 3.49. The first-order valence-corrected chi connectivity index (χ1v) is 6.39. The van der Waals surface area contributed by atoms with Crippen molar-refractivity contribution in [3.05, 3.63) is 45.3 Å². The van der Waals surface area contributed by atoms with E-state index in [4.69, 9.17) is 4.74 Å². The summed E-state index contributed by atoms with van der Waals surface area (Å²) in [7, 11) is 0. The van der Waals surface area contributed by atoms with Crippen molar-refractivity contribution in [1.82, 2.24) is 10.2 Å². The fourth-order valence-corrected chi connectivity index (χ4v) is 1.92. The molecule has 0 fully saturated rings. The number of carboxylic acid groups (broad SMARTS) is 1. The van der Waals surface area contributed by atoms with E-state index < -0.39 is 11.8 Å². The Kier molecular flexibility index (Phi) is 3.99. The minimum Gasteiger partial charge on any atom is -0.477 e. The van der Waals surface area contributed by atoms with E-state index in [1.165, 1.54) is 18.2 Å². The van der Waals surface area contributed by atoms with Gasteiger partial charge in [-0.3, -0.25) is 0 Å². The average Bonchev–Trinajstić information content (AvgIpc) is 2.38. The Morgan fingerprint density at radius 1 is 1.35 bits per heavy atom. The Bertz CT molecular complexity index is 692. The molecule has 2 aromatic rings. The molecule has 5 nitrogen and oxygen atoms in total. The van der Waals surface area contributed by atoms with Crippen molar-refractivity contribution in [3.8, 4) is 11.6 Å². The SMILES string of the molecule is Cc1nnc(Oc2ccc(F)c(Br)c2)c(C(=O)O)c1C. The molecule has 0 aliphatic rings. The Balaban J connectivity index is 2.45. The number of ether oxygens (including phenoxy) is 1. The summed E-state index contributed by atoms with van der Waals surface area (Å²) in [5.74, 6) is -1.46. The number of benzene rings is 1. The summed E-state index contributed by atoms with van der Waals surface area (Å²) in [6.45, 7) is 3.29. The molecular formula is C13H10BrFN2O3. The van der Waals surface area contributed by atoms with Gasteiger partial charge < -0.3 is 9.84 Å². The molecular weight excluding hydrogens is 331 g/mol. The number of nitrogens with zero attached hydrogens (tertiary/aromatic N) is 2. The van der Waals surface area contributed by atoms with Crippen LogP contribution in [0.5, 0.6) is 11.6 Å². The maximum atomic E-state index is 13.1. The molecule has 0 atom stereocenters. The van der Waals surface area contributed by atoms with Crippen LogP contribution in [0.2, 0.25) is 0 Å². The van der Waals surface area contributed by atoms with E-state index in [2.05, 4.69) is 26.1 Å². The molecule has 7 heteroatoms. The van der Waals surface area contributed by atoms with Crippen LogP contribution in [0, 0.1) is 19.7 Å². The van der Waals surface area contributed by atoms with E-state index in [-0.39, 0.29) is 21.7 Å². The molecule has 0 aliphatic carbocycles. The molecule has 0 saturated heterocycles. The zero-order chi connectivity index (χ0) is 14.9. The monoisotopic (exact) mass is 340 g/mol. The van der Waals surface area contributed by atoms with Crippen molar-refractivity contribution in [2.75, 3.05) is 0 Å². The topological polar surface area (TPSA) is 72.3 Å². The van der Waals surface area contributed by atoms with Crippen LogP contribution in [0.3, 0.4) is 0 Å². The van der Waals surface area contributed by atoms with Gasteiger partial charge in [0.25, 0.3) is 5.88 Å². The molecule has 104 valence electrons. The molecule has 0 unspecified atom stereocenters. The zero-order valence-corrected chi connectivity index (χ0v) is 12.2. The van der Waals surface area contributed by atoms with E-state index in [1.54, 1.807) is 13.8 Å². The van der Waals surface area contributed by atoms with Crippen molar-refractivity contribution in [2.24, 2.45) is 0 Å². The third kappa shape index (κ3) is 2.77. The van der Waals surface area contributed by atoms with E-state index in [1.807, 2.05) is 0 Å². The number of hydrogen-bond donors (Lipinski definition) is 1. The molecule has 1 aromatic heterocycles. The molecule has 1 aromatic carbocycles. The molecule has 0 radical (unpaired) electrons. The molecule has 1 N–H and O–H groups in total. The third-order valence-electron chi connectivity index (χ3n) is 2.74. The van der Waals surface area contributed by atoms with Gasteiger partial charge in [0.2, 0.25) is 0 Å². The largest absolute Gasteiger partial charge is 0.477 e. The van der Waals surface area contributed by atoms with Crippen LogP contribution in [0.15, 0.2) is 22.7 Å². The van der Waals surface area contributed by atoms with Gasteiger partial charge in [-0.1, -0.05) is 0 Å². The van der Waals surface area contributed by atoms with Gasteiger partial charge in [0.1, 0.15) is 17.1 Å². The highest BCUT2D eigenvalue weighted by molar-refractivity contribution is 9.10. The summed E-state index contributed by atoms with van der Waals surface area (Å²) in [5, 5.41) is 16.8. The lowest BCUT2D eigenvalue weighted by atomic mass is 10.1. The lowest BCUT2D eigenvalue weighted by Gasteiger charge is -2.10. The smallest absolute Gasteiger partial charge is 0.341 e. The number of carbonyl (C=O) groups is 1. The van der Waals surface area contributed by atoms with Crippen molar-refractivity contribution in [1.29, 1.82) is 0 Å². The number of hydrogen-bond acceptors (Lipinski definition) is 4. The summed E-state index contributed by atoms with van der Waals surface area (Å²) < 4.78 is 18.7. The summed E-state index contributed by atoms with van der Waals surface area (Å²) >= 11 is 3.03. The standard InChI is InChI=1S/C13H10BrFN2O3/c1-6-7(2)16-17-12(11(6)13(18)19)20-8-3-4-10(15)9(14)5-8/h3-5H,1-2H3,(H,18,19). The van der Waals surface area contributed by atoms with Crippen LogP contribution in [-0.4, -0.2) is 21.3 Å². The van der Waals surface area contributed by atoms with E-state index in [0.29, 0.717) is 11.3 Å². The van der Waals surface area contributed by atoms with Crippen molar-refractivity contribution < 1.29 is 19.0 Å². The second-order valence-corrected chi connectivity index (χ2v) is 4.93. The Morgan fingerprint density at radius 3 is 2.65 bits per heavy atom. The Hall–Kier alpha value is -2.02. The number of halogens is 2. The number of aryl methyl sites for hydroxylation is 1. The second kappa shape index (κ2) is 5.54. The molecule has 0 spiro atoms. The molecule has 2 rings (SSSR count). The lowest BCUT2D eigenvalue weighted by Crippen LogP contribution is -2.08. The first-order chi connectivity index (χ1) is 9.40. The van der Waals surface area contributed by atoms with Gasteiger partial charge in [-0.15, -0.1) is 5.10 Å². The molecule has 0 aliphatic heterocycles. The zero-order valence-electron chi connectivity index (χ0n) is 10.6. The lowest BCUT2D eigenvalue weighted by molar-refractivity contribution is 0.0692. The van der Waals surface area contributed by atoms with Crippen LogP contribution in [0.25, 0.3) is 0 Å². The number of carboxylic acids is 1. The van der Waals surface area contributed by atoms with E-state index >= 15 is 0 Å². The predicted molar refractivity (Wildman–Crippen MR) is 72.6 cm³/mol. The number of aromatic nitrogens is 2. The number of aromatic carboxylic acids is 1. The first-order valence-electron chi connectivity index (χ1n) is 5.60. The normalized spacial score (nSPS) is 10.4. The molecule has 0 bridgehead atoms. The highest BCUT2D eigenvalue weighted by Crippen LogP contribution is 2.28. The van der Waals surface area contributed by atoms with Gasteiger partial charge in [0.15, 0.2) is 0 Å². The molecule has 0 amide bonds. The van der Waals surface area contributed by atoms with Crippen LogP contribution in [0.1, 0.15) is 21.6 Å². The minimum atomic E-state index is -1.16. The maximum Gasteiger partial charge on any atom is 0.341 e. The minimum absolute atomic E-state index is 0.0575. The fourth-order valence-electron chi connectivity index (χ4n) is 1.56. The Labute approximate surface area is 122 Å². The maximum absolute atomic E-state index is 13.1. The van der Waals surface area contributed by atoms with Crippen LogP contribution >= 0.6 is 15.9 Å². The number of rotatable bonds is 3. The van der Waals surface area contributed by atoms with Gasteiger partial charge in [0, 0.05) is 0 Å². The molecule has 0 saturated carbocycles. The van der Waals surface area contributed by atoms with Gasteiger partial charge in [-0.05, 0) is 53.5 Å². The Morgan fingerprint density at radius 2 is 2.05 bits per heavy atom. The molecule has 20 heavy (non-hydrogen) atoms. The van der Waals surface area contributed by atoms with Gasteiger partial charge in [-0.25, -0.2) is 9.18 Å². The van der Waals surface area contributed by atoms with Crippen LogP contribution in [-0.2, 0) is 0 Å². The summed E-state index contributed by atoms with van der Waals surface area (Å²) in [6.07, 6.45) is 0. The van der Waals surface area contributed by atoms with E-state index in [9.17, 15) is 14.3 Å². The average molecular weight is 341 g/mol. The van der Waals surface area contributed by atoms with Crippen LogP contribution < -0.4 is 4.74 Å². The highest BCUT2D eigenvalue weighted by Gasteiger charge is 2.19. The second-order valence-electron chi connectivity index (χ2n) is 4.07. The fraction of sp³-hybridized carbons (Fsp3) is 0.154. The van der Waals surface area contributed by atoms with Gasteiger partial charge in [-0.2, -0.15) is 5.10 Å². The van der Waals surface area contributed by atoms with E-state index in [0.717, 1.165) is 0 Å². The van der Waals surface area contributed by atoms with Crippen LogP contribution in [0.4, 0.5) is 4.39 Å². The highest BCUT2D eigenvalue weighted by atomic mass is 79.9. The third-order valence-corrected chi connectivity index (χ3v) is 3.35. The molecule has 1 heterocycles. The quantitative estimate of drug-likeness (QED) is 0.925. The summed E-state index contributed by atoms with van der Waals surface area (Å²) in [4.78, 5) is 11.3. The summed E-state index contributed by atoms with van der Waals surface area (Å²) in [6, 6.07) is 3.97.